The van der Waals surface area contributed by atoms with E-state index in [1.54, 1.807) is 0 Å². The van der Waals surface area contributed by atoms with Crippen LogP contribution >= 0.6 is 0 Å². The van der Waals surface area contributed by atoms with Crippen molar-refractivity contribution in [1.29, 1.82) is 0 Å². The molecule has 12 rings (SSSR count). The number of rotatable bonds is 15. The summed E-state index contributed by atoms with van der Waals surface area (Å²) in [6.45, 7) is 9.25. The Morgan fingerprint density at radius 2 is 1.23 bits per heavy atom. The molecular weight excluding hydrogens is 1240 g/mol. The summed E-state index contributed by atoms with van der Waals surface area (Å²) >= 11 is 0. The Balaban J connectivity index is 0.848. The van der Waals surface area contributed by atoms with Gasteiger partial charge in [0.2, 0.25) is 5.79 Å². The predicted molar refractivity (Wildman–Crippen MR) is 303 cm³/mol. The van der Waals surface area contributed by atoms with E-state index in [9.17, 15) is 91.9 Å². The fourth-order valence-electron chi connectivity index (χ4n) is 17.7. The smallest absolute Gasteiger partial charge is 0.203 e. The maximum Gasteiger partial charge on any atom is 0.203 e. The van der Waals surface area contributed by atoms with Crippen molar-refractivity contribution in [2.24, 2.45) is 40.4 Å². The fraction of sp³-hybridized carbons (Fsp3) is 0.934. The number of ether oxygens (including phenoxy) is 14. The highest BCUT2D eigenvalue weighted by atomic mass is 16.8. The molecule has 18 N–H and O–H groups in total. The van der Waals surface area contributed by atoms with E-state index >= 15 is 0 Å². The normalized spacial score (nSPS) is 57.3. The van der Waals surface area contributed by atoms with Crippen LogP contribution in [0.2, 0.25) is 0 Å². The minimum absolute atomic E-state index is 0.00949. The number of hydrogen-bond donors (Lipinski definition) is 18. The van der Waals surface area contributed by atoms with Crippen molar-refractivity contribution < 1.29 is 158 Å². The zero-order valence-electron chi connectivity index (χ0n) is 52.3. The van der Waals surface area contributed by atoms with Crippen molar-refractivity contribution in [3.63, 3.8) is 0 Å². The van der Waals surface area contributed by atoms with Crippen LogP contribution in [0.1, 0.15) is 73.1 Å². The average molecular weight is 1340 g/mol. The number of aliphatic hydroxyl groups excluding tert-OH is 17. The van der Waals surface area contributed by atoms with Gasteiger partial charge in [-0.05, 0) is 81.6 Å². The monoisotopic (exact) mass is 1340 g/mol. The lowest BCUT2D eigenvalue weighted by Gasteiger charge is -2.61. The molecule has 1 spiro atoms. The second-order valence-corrected chi connectivity index (χ2v) is 28.6. The maximum atomic E-state index is 12.8. The Bertz CT molecular complexity index is 2630. The van der Waals surface area contributed by atoms with Gasteiger partial charge in [-0.2, -0.15) is 0 Å². The van der Waals surface area contributed by atoms with E-state index in [4.69, 9.17) is 66.3 Å². The van der Waals surface area contributed by atoms with E-state index in [1.165, 1.54) is 20.8 Å². The molecule has 0 amide bonds. The van der Waals surface area contributed by atoms with Gasteiger partial charge in [0.25, 0.3) is 0 Å². The van der Waals surface area contributed by atoms with Gasteiger partial charge in [-0.15, -0.1) is 0 Å². The van der Waals surface area contributed by atoms with Crippen molar-refractivity contribution in [3.05, 3.63) is 23.8 Å². The lowest BCUT2D eigenvalue weighted by atomic mass is 9.46. The zero-order valence-corrected chi connectivity index (χ0v) is 52.3. The first-order valence-electron chi connectivity index (χ1n) is 32.5. The van der Waals surface area contributed by atoms with Gasteiger partial charge in [-0.25, -0.2) is 0 Å². The van der Waals surface area contributed by atoms with Crippen molar-refractivity contribution in [1.82, 2.24) is 0 Å². The van der Waals surface area contributed by atoms with Gasteiger partial charge in [0.05, 0.1) is 76.3 Å². The highest BCUT2D eigenvalue weighted by molar-refractivity contribution is 5.30. The summed E-state index contributed by atoms with van der Waals surface area (Å²) in [7, 11) is 0. The minimum atomic E-state index is -2.16. The maximum absolute atomic E-state index is 12.8. The number of hydrogen-bond acceptors (Lipinski definition) is 32. The minimum Gasteiger partial charge on any atom is -0.394 e. The average Bonchev–Trinajstić information content (AvgIpc) is 1.56. The highest BCUT2D eigenvalue weighted by Crippen LogP contribution is 2.71. The lowest BCUT2D eigenvalue weighted by Crippen LogP contribution is -2.67. The molecule has 8 aliphatic heterocycles. The molecule has 32 nitrogen and oxygen atoms in total. The molecule has 0 radical (unpaired) electrons. The molecule has 532 valence electrons. The van der Waals surface area contributed by atoms with Crippen LogP contribution in [-0.4, -0.2) is 333 Å². The molecule has 3 saturated carbocycles. The summed E-state index contributed by atoms with van der Waals surface area (Å²) < 4.78 is 87.6. The summed E-state index contributed by atoms with van der Waals surface area (Å²) in [5.41, 5.74) is -2.66. The molecule has 8 heterocycles. The SMILES string of the molecule is C=C1CO[C@@]2(O[C@H]3CC4[C@@H]5CC=C6C[C@@H](O)C[C@@H](O[C@@H]7O[C@H](CO)[C@@H](O)[C@H](O[C@@H]8OC[C@@H](O)[C@H](O)[C@H]8O)[C@H]7O[C@@H]7O[C@@H](C)[C@H](O)[C@@H](O[C@@H]8OC[C@](O)(CO)[C@H]8O)[C@H]7O)[C@]6(C)C5CC[C@]4(C)[C@H]3[C@@H]2CO[C@@H]2O[C@H](C)[C@H](O)[C@H](O)[C@H]2O)[C@@H](O)[C@H]1O[C@@H]1O[C@H](C)[C@H](O)[C@H](O)[C@H]1O. The van der Waals surface area contributed by atoms with Gasteiger partial charge in [0, 0.05) is 23.7 Å². The fourth-order valence-corrected chi connectivity index (χ4v) is 17.7. The van der Waals surface area contributed by atoms with E-state index in [1.807, 2.05) is 6.92 Å². The molecule has 0 bridgehead atoms. The van der Waals surface area contributed by atoms with Gasteiger partial charge < -0.3 is 158 Å². The molecule has 0 aromatic heterocycles. The Hall–Kier alpha value is -1.80. The topological polar surface area (TPSA) is 493 Å². The van der Waals surface area contributed by atoms with Gasteiger partial charge >= 0.3 is 0 Å². The Kier molecular flexibility index (Phi) is 20.6. The van der Waals surface area contributed by atoms with Gasteiger partial charge in [0.1, 0.15) is 122 Å². The van der Waals surface area contributed by atoms with Crippen LogP contribution in [0.5, 0.6) is 0 Å². The van der Waals surface area contributed by atoms with Gasteiger partial charge in [-0.1, -0.05) is 32.1 Å². The molecule has 4 aliphatic carbocycles. The van der Waals surface area contributed by atoms with Crippen molar-refractivity contribution in [3.8, 4) is 0 Å². The molecule has 11 fully saturated rings. The second kappa shape index (κ2) is 26.9. The van der Waals surface area contributed by atoms with Crippen LogP contribution in [0.25, 0.3) is 0 Å². The third kappa shape index (κ3) is 12.1. The van der Waals surface area contributed by atoms with E-state index < -0.39 is 251 Å². The summed E-state index contributed by atoms with van der Waals surface area (Å²) in [5, 5.41) is 200. The Morgan fingerprint density at radius 3 is 1.89 bits per heavy atom. The molecule has 0 aromatic carbocycles. The van der Waals surface area contributed by atoms with Crippen molar-refractivity contribution in [2.75, 3.05) is 39.6 Å². The molecule has 0 aromatic rings. The Morgan fingerprint density at radius 1 is 0.602 bits per heavy atom. The van der Waals surface area contributed by atoms with Gasteiger partial charge in [-0.3, -0.25) is 0 Å². The van der Waals surface area contributed by atoms with Crippen molar-refractivity contribution >= 4 is 0 Å². The lowest BCUT2D eigenvalue weighted by molar-refractivity contribution is -0.397. The predicted octanol–water partition coefficient (Wildman–Crippen LogP) is -7.17. The van der Waals surface area contributed by atoms with Crippen LogP contribution in [0.3, 0.4) is 0 Å². The molecular formula is C61H96O32. The number of allylic oxidation sites excluding steroid dienone is 1. The molecule has 93 heavy (non-hydrogen) atoms. The molecule has 2 unspecified atom stereocenters. The molecule has 12 aliphatic rings. The number of fused-ring (bicyclic) bond motifs is 7. The molecule has 32 heteroatoms. The van der Waals surface area contributed by atoms with Gasteiger partial charge in [0.15, 0.2) is 37.7 Å². The standard InChI is InChI=1S/C61H96O32/c1-20-15-83-61(50(77)46(20)89-54-44(75)41(72)36(67)22(3)85-54)29(16-80-52-43(74)40(71)35(66)21(2)84-52)34-31(93-61)13-28-26-8-7-24-11-25(64)12-33(59(24,6)27(26)9-10-58(28,34)5)88-56-49(48(39(70)32(14-62)87-56)91-53-42(73)38(69)30(65)17-81-53)92-55-45(76)47(37(68)23(4)86-55)90-57-51(78)60(79,18-63)19-82-57/h7,21-23,25-57,62-79H,1,8-19H2,2-6H3/t21-,22-,23+,25-,26-,27?,28?,29+,30-,31+,32-,33-,34+,35+,36+,37+,38+,39-,40+,41+,42-,43-,44-,45-,46+,47-,48+,49-,50+,51+,52-,53+,54+,55+,56+,57+,58+,59+,60-,61+/m1/s1. The Labute approximate surface area is 535 Å². The van der Waals surface area contributed by atoms with Crippen LogP contribution in [-0.2, 0) is 66.3 Å². The first kappa shape index (κ1) is 71.0. The quantitative estimate of drug-likeness (QED) is 0.0678. The highest BCUT2D eigenvalue weighted by Gasteiger charge is 2.74. The van der Waals surface area contributed by atoms with Crippen LogP contribution in [0, 0.1) is 40.4 Å². The number of aliphatic hydroxyl groups is 18. The van der Waals surface area contributed by atoms with Crippen LogP contribution < -0.4 is 0 Å². The first-order valence-corrected chi connectivity index (χ1v) is 32.5. The van der Waals surface area contributed by atoms with E-state index in [-0.39, 0.29) is 49.4 Å². The largest absolute Gasteiger partial charge is 0.394 e. The van der Waals surface area contributed by atoms with E-state index in [0.29, 0.717) is 25.7 Å². The summed E-state index contributed by atoms with van der Waals surface area (Å²) in [6, 6.07) is 0. The second-order valence-electron chi connectivity index (χ2n) is 28.6. The van der Waals surface area contributed by atoms with Crippen molar-refractivity contribution in [2.45, 2.75) is 275 Å². The van der Waals surface area contributed by atoms with E-state index in [0.717, 1.165) is 5.57 Å². The van der Waals surface area contributed by atoms with Crippen LogP contribution in [0.15, 0.2) is 23.8 Å². The first-order chi connectivity index (χ1) is 43.9. The molecule has 40 atom stereocenters. The van der Waals surface area contributed by atoms with E-state index in [2.05, 4.69) is 19.6 Å². The summed E-state index contributed by atoms with van der Waals surface area (Å²) in [4.78, 5) is 0. The summed E-state index contributed by atoms with van der Waals surface area (Å²) in [6.07, 6.45) is -43.7. The molecule has 8 saturated heterocycles. The third-order valence-electron chi connectivity index (χ3n) is 23.2. The zero-order chi connectivity index (χ0) is 67.0. The van der Waals surface area contributed by atoms with Crippen LogP contribution in [0.4, 0.5) is 0 Å². The third-order valence-corrected chi connectivity index (χ3v) is 23.2. The summed E-state index contributed by atoms with van der Waals surface area (Å²) in [5.74, 6) is -3.84.